The number of hydrogen-bond acceptors (Lipinski definition) is 22. The molecule has 7 fully saturated rings. The van der Waals surface area contributed by atoms with Gasteiger partial charge in [0.05, 0.1) is 55.5 Å². The van der Waals surface area contributed by atoms with Crippen LogP contribution < -0.4 is 28.9 Å². The second kappa shape index (κ2) is 32.4. The topological polar surface area (TPSA) is 262 Å². The Labute approximate surface area is 630 Å². The molecule has 19 rings (SSSR count). The summed E-state index contributed by atoms with van der Waals surface area (Å²) in [5, 5.41) is 22.0. The molecule has 554 valence electrons. The van der Waals surface area contributed by atoms with Crippen LogP contribution >= 0.6 is 0 Å². The van der Waals surface area contributed by atoms with Crippen molar-refractivity contribution in [3.63, 3.8) is 0 Å². The highest BCUT2D eigenvalue weighted by molar-refractivity contribution is 5.60. The zero-order chi connectivity index (χ0) is 74.4. The number of pyridine rings is 4. The molecule has 0 amide bonds. The molecule has 17 heterocycles. The first kappa shape index (κ1) is 72.2. The monoisotopic (exact) mass is 1450 g/mol. The molecule has 25 heteroatoms. The van der Waals surface area contributed by atoms with Gasteiger partial charge in [0.15, 0.2) is 17.5 Å². The normalized spacial score (nSPS) is 17.9. The second-order valence-corrected chi connectivity index (χ2v) is 29.2. The summed E-state index contributed by atoms with van der Waals surface area (Å²) < 4.78 is 15.7. The van der Waals surface area contributed by atoms with Gasteiger partial charge in [0.2, 0.25) is 5.88 Å². The van der Waals surface area contributed by atoms with Crippen molar-refractivity contribution in [2.75, 3.05) is 88.4 Å². The maximum absolute atomic E-state index is 5.32. The van der Waals surface area contributed by atoms with E-state index in [2.05, 4.69) is 178 Å². The standard InChI is InChI=1S/C29H33N7O.C28H31N7O.C26H30N8O/c1-18-11-23(13-24-12-19(2)33-34-24)32-29(31-18)22-7-10-28(30-15-22)35-16-25-14-26(17-35)36(25)20(3)21-5-8-27(37-4)9-6-21;1-18-10-22(12-23-11-19(2)32-33-23)31-28(30-18)21-6-9-27(29-14-21)35-24-13-25(35)17-34(16-24)15-20-4-7-26(36-3)8-5-20;1-18-12-22(14-23-13-19(2)31-32-23)30-26(29-18)21-5-6-24(27-16-21)34-10-8-33(9-11-34)17-20-4-7-25(35-3)28-15-20/h5-12,15,20,25-26H,13-14,16-17H2,1-4H3,(H,33,34);4-11,14,24-25H,12-13,15-17H2,1-3H3,(H,32,33);4-7,12-13,15-16H,8-11,14,17H2,1-3H3,(H,31,32). The van der Waals surface area contributed by atoms with Crippen LogP contribution in [-0.2, 0) is 32.4 Å². The minimum atomic E-state index is 0.394. The smallest absolute Gasteiger partial charge is 0.212 e. The molecule has 0 aliphatic carbocycles. The van der Waals surface area contributed by atoms with Gasteiger partial charge in [-0.05, 0) is 175 Å². The van der Waals surface area contributed by atoms with Crippen LogP contribution in [0.25, 0.3) is 34.2 Å². The fraction of sp³-hybridized carbons (Fsp3) is 0.361. The lowest BCUT2D eigenvalue weighted by Crippen LogP contribution is -2.69. The lowest BCUT2D eigenvalue weighted by molar-refractivity contribution is -0.0343. The lowest BCUT2D eigenvalue weighted by Gasteiger charge is -2.59. The summed E-state index contributed by atoms with van der Waals surface area (Å²) in [6.07, 6.45) is 12.1. The van der Waals surface area contributed by atoms with Crippen molar-refractivity contribution >= 4 is 17.5 Å². The van der Waals surface area contributed by atoms with E-state index in [0.717, 1.165) is 179 Å². The summed E-state index contributed by atoms with van der Waals surface area (Å²) in [4.78, 5) is 62.0. The number of aromatic nitrogens is 16. The molecule has 7 aliphatic rings. The largest absolute Gasteiger partial charge is 0.497 e. The number of piperazine rings is 3. The first-order valence-electron chi connectivity index (χ1n) is 37.3. The van der Waals surface area contributed by atoms with E-state index < -0.39 is 0 Å². The Hall–Kier alpha value is -11.4. The molecule has 25 nitrogen and oxygen atoms in total. The van der Waals surface area contributed by atoms with Crippen molar-refractivity contribution in [3.05, 3.63) is 243 Å². The Morgan fingerprint density at radius 3 is 1.25 bits per heavy atom. The van der Waals surface area contributed by atoms with E-state index >= 15 is 0 Å². The number of methoxy groups -OCH3 is 3. The molecule has 7 aliphatic heterocycles. The number of fused-ring (bicyclic) bond motifs is 4. The maximum Gasteiger partial charge on any atom is 0.212 e. The number of aryl methyl sites for hydroxylation is 6. The number of piperidine rings is 2. The second-order valence-electron chi connectivity index (χ2n) is 29.2. The molecular formula is C83H94N22O3. The molecular weight excluding hydrogens is 1350 g/mol. The first-order chi connectivity index (χ1) is 52.5. The molecule has 7 saturated heterocycles. The zero-order valence-corrected chi connectivity index (χ0v) is 63.2. The van der Waals surface area contributed by atoms with Crippen LogP contribution in [0.3, 0.4) is 0 Å². The highest BCUT2D eigenvalue weighted by atomic mass is 16.5. The van der Waals surface area contributed by atoms with Crippen molar-refractivity contribution in [2.24, 2.45) is 0 Å². The molecule has 10 aromatic heterocycles. The third kappa shape index (κ3) is 17.2. The van der Waals surface area contributed by atoms with Gasteiger partial charge in [-0.15, -0.1) is 0 Å². The number of aromatic amines is 3. The Morgan fingerprint density at radius 2 is 0.833 bits per heavy atom. The molecule has 0 spiro atoms. The number of nitrogens with one attached hydrogen (secondary N) is 3. The Kier molecular flexibility index (Phi) is 21.6. The van der Waals surface area contributed by atoms with Gasteiger partial charge in [-0.25, -0.2) is 49.8 Å². The van der Waals surface area contributed by atoms with Gasteiger partial charge in [-0.3, -0.25) is 30.0 Å². The molecule has 5 atom stereocenters. The molecule has 3 N–H and O–H groups in total. The van der Waals surface area contributed by atoms with Crippen LogP contribution in [0.5, 0.6) is 17.4 Å². The summed E-state index contributed by atoms with van der Waals surface area (Å²) in [7, 11) is 5.05. The molecule has 108 heavy (non-hydrogen) atoms. The van der Waals surface area contributed by atoms with Gasteiger partial charge in [0.1, 0.15) is 29.0 Å². The average molecular weight is 1450 g/mol. The Morgan fingerprint density at radius 1 is 0.398 bits per heavy atom. The summed E-state index contributed by atoms with van der Waals surface area (Å²) >= 11 is 0. The first-order valence-corrected chi connectivity index (χ1v) is 37.3. The zero-order valence-electron chi connectivity index (χ0n) is 63.2. The molecule has 0 radical (unpaired) electrons. The summed E-state index contributed by atoms with van der Waals surface area (Å²) in [5.74, 6) is 7.63. The number of anilines is 3. The van der Waals surface area contributed by atoms with Gasteiger partial charge >= 0.3 is 0 Å². The van der Waals surface area contributed by atoms with Crippen LogP contribution in [0, 0.1) is 41.5 Å². The molecule has 5 unspecified atom stereocenters. The number of nitrogens with zero attached hydrogens (tertiary/aromatic N) is 19. The van der Waals surface area contributed by atoms with Crippen molar-refractivity contribution in [2.45, 2.75) is 124 Å². The number of ether oxygens (including phenoxy) is 3. The Balaban J connectivity index is 0.000000129. The van der Waals surface area contributed by atoms with E-state index in [1.165, 1.54) is 29.5 Å². The summed E-state index contributed by atoms with van der Waals surface area (Å²) in [5.41, 5.74) is 18.4. The summed E-state index contributed by atoms with van der Waals surface area (Å²) in [6, 6.07) is 48.1. The maximum atomic E-state index is 5.32. The van der Waals surface area contributed by atoms with Gasteiger partial charge in [0, 0.05) is 197 Å². The third-order valence-corrected chi connectivity index (χ3v) is 20.9. The van der Waals surface area contributed by atoms with Crippen molar-refractivity contribution < 1.29 is 14.2 Å². The highest BCUT2D eigenvalue weighted by Crippen LogP contribution is 2.42. The van der Waals surface area contributed by atoms with Crippen LogP contribution in [-0.4, -0.2) is 193 Å². The quantitative estimate of drug-likeness (QED) is 0.0604. The number of hydrogen-bond donors (Lipinski definition) is 3. The van der Waals surface area contributed by atoms with E-state index in [9.17, 15) is 0 Å². The van der Waals surface area contributed by atoms with Crippen molar-refractivity contribution in [3.8, 4) is 51.5 Å². The van der Waals surface area contributed by atoms with E-state index in [1.54, 1.807) is 21.3 Å². The minimum absolute atomic E-state index is 0.394. The van der Waals surface area contributed by atoms with E-state index in [-0.39, 0.29) is 0 Å². The molecule has 12 aromatic rings. The third-order valence-electron chi connectivity index (χ3n) is 20.9. The predicted molar refractivity (Wildman–Crippen MR) is 417 cm³/mol. The van der Waals surface area contributed by atoms with Crippen LogP contribution in [0.1, 0.15) is 111 Å². The minimum Gasteiger partial charge on any atom is -0.497 e. The number of H-pyrrole nitrogens is 3. The molecule has 0 saturated carbocycles. The van der Waals surface area contributed by atoms with Crippen molar-refractivity contribution in [1.82, 2.24) is 95.1 Å². The Bertz CT molecular complexity index is 4960. The fourth-order valence-corrected chi connectivity index (χ4v) is 15.6. The number of rotatable bonds is 21. The summed E-state index contributed by atoms with van der Waals surface area (Å²) in [6.45, 7) is 24.1. The SMILES string of the molecule is COc1ccc(C(C)N2C3CC2CN(c2ccc(-c4nc(C)cc(Cc5cc(C)[nH]n5)n4)cn2)C3)cc1.COc1ccc(CN2CC3CC(C2)N3c2ccc(-c3nc(C)cc(Cc4cc(C)[nH]n4)n3)cn2)cc1.COc1ccc(CN2CCN(c3ccc(-c4nc(C)cc(Cc5cc(C)[nH]n5)n4)cn3)CC2)cn1. The van der Waals surface area contributed by atoms with Crippen molar-refractivity contribution in [1.29, 1.82) is 0 Å². The predicted octanol–water partition coefficient (Wildman–Crippen LogP) is 11.6. The van der Waals surface area contributed by atoms with Crippen LogP contribution in [0.4, 0.5) is 17.5 Å². The lowest BCUT2D eigenvalue weighted by atomic mass is 9.84. The highest BCUT2D eigenvalue weighted by Gasteiger charge is 2.48. The van der Waals surface area contributed by atoms with E-state index in [4.69, 9.17) is 44.1 Å². The van der Waals surface area contributed by atoms with Gasteiger partial charge in [0.25, 0.3) is 0 Å². The van der Waals surface area contributed by atoms with Gasteiger partial charge < -0.3 is 28.9 Å². The van der Waals surface area contributed by atoms with Gasteiger partial charge in [-0.1, -0.05) is 30.3 Å². The average Bonchev–Trinajstić information content (AvgIpc) is 0.904. The van der Waals surface area contributed by atoms with Crippen LogP contribution in [0.15, 0.2) is 158 Å². The molecule has 4 bridgehead atoms. The van der Waals surface area contributed by atoms with E-state index in [1.807, 2.05) is 109 Å². The number of benzene rings is 2. The van der Waals surface area contributed by atoms with Gasteiger partial charge in [-0.2, -0.15) is 15.3 Å². The van der Waals surface area contributed by atoms with Crippen LogP contribution in [0.2, 0.25) is 0 Å². The van der Waals surface area contributed by atoms with E-state index in [0.29, 0.717) is 72.8 Å². The molecule has 2 aromatic carbocycles. The fourth-order valence-electron chi connectivity index (χ4n) is 15.6.